The van der Waals surface area contributed by atoms with Crippen LogP contribution in [0.3, 0.4) is 0 Å². The first kappa shape index (κ1) is 12.8. The molecular formula is C13H7Cl2FN2S. The van der Waals surface area contributed by atoms with Crippen molar-refractivity contribution in [1.82, 2.24) is 0 Å². The molecule has 0 unspecified atom stereocenters. The fraction of sp³-hybridized carbons (Fsp3) is 0. The van der Waals surface area contributed by atoms with Crippen molar-refractivity contribution in [2.45, 2.75) is 4.90 Å². The minimum absolute atomic E-state index is 0.261. The molecule has 0 amide bonds. The van der Waals surface area contributed by atoms with Crippen LogP contribution in [0.4, 0.5) is 10.1 Å². The maximum atomic E-state index is 13.7. The molecule has 1 aliphatic heterocycles. The third kappa shape index (κ3) is 2.43. The van der Waals surface area contributed by atoms with Gasteiger partial charge in [0.15, 0.2) is 0 Å². The molecule has 0 spiro atoms. The predicted molar refractivity (Wildman–Crippen MR) is 79.6 cm³/mol. The van der Waals surface area contributed by atoms with Gasteiger partial charge in [-0.1, -0.05) is 29.8 Å². The third-order valence-electron chi connectivity index (χ3n) is 2.68. The summed E-state index contributed by atoms with van der Waals surface area (Å²) in [6.07, 6.45) is 0. The van der Waals surface area contributed by atoms with Gasteiger partial charge in [0, 0.05) is 28.1 Å². The Hall–Kier alpha value is -1.23. The van der Waals surface area contributed by atoms with Crippen LogP contribution in [-0.2, 0) is 0 Å². The van der Waals surface area contributed by atoms with E-state index in [-0.39, 0.29) is 11.1 Å². The highest BCUT2D eigenvalue weighted by Crippen LogP contribution is 2.42. The summed E-state index contributed by atoms with van der Waals surface area (Å²) in [5.41, 5.74) is 2.14. The van der Waals surface area contributed by atoms with Crippen LogP contribution in [0, 0.1) is 5.82 Å². The Balaban J connectivity index is 2.23. The lowest BCUT2D eigenvalue weighted by molar-refractivity contribution is 0.625. The lowest BCUT2D eigenvalue weighted by atomic mass is 10.0. The van der Waals surface area contributed by atoms with Crippen LogP contribution in [0.25, 0.3) is 11.1 Å². The monoisotopic (exact) mass is 312 g/mol. The van der Waals surface area contributed by atoms with Gasteiger partial charge in [-0.2, -0.15) is 4.40 Å². The summed E-state index contributed by atoms with van der Waals surface area (Å²) in [7, 11) is 0. The number of nitrogens with one attached hydrogen (secondary N) is 1. The van der Waals surface area contributed by atoms with Crippen LogP contribution in [0.5, 0.6) is 0 Å². The maximum Gasteiger partial charge on any atom is 0.207 e. The molecule has 2 aromatic rings. The number of anilines is 1. The lowest BCUT2D eigenvalue weighted by Gasteiger charge is -2.18. The van der Waals surface area contributed by atoms with Crippen LogP contribution in [0.1, 0.15) is 0 Å². The van der Waals surface area contributed by atoms with Crippen molar-refractivity contribution in [1.29, 1.82) is 0 Å². The minimum Gasteiger partial charge on any atom is -0.328 e. The van der Waals surface area contributed by atoms with Gasteiger partial charge in [-0.3, -0.25) is 0 Å². The quantitative estimate of drug-likeness (QED) is 0.580. The second-order valence-corrected chi connectivity index (χ2v) is 5.47. The molecule has 0 aliphatic carbocycles. The molecule has 19 heavy (non-hydrogen) atoms. The molecule has 2 aromatic carbocycles. The van der Waals surface area contributed by atoms with Crippen molar-refractivity contribution in [3.05, 3.63) is 47.2 Å². The first-order valence-electron chi connectivity index (χ1n) is 5.41. The Kier molecular flexibility index (Phi) is 3.39. The lowest BCUT2D eigenvalue weighted by Crippen LogP contribution is -2.09. The molecule has 1 heterocycles. The van der Waals surface area contributed by atoms with Gasteiger partial charge in [0.25, 0.3) is 0 Å². The molecule has 0 bridgehead atoms. The molecular weight excluding hydrogens is 306 g/mol. The van der Waals surface area contributed by atoms with Gasteiger partial charge in [0.05, 0.1) is 10.6 Å². The zero-order valence-electron chi connectivity index (χ0n) is 9.45. The summed E-state index contributed by atoms with van der Waals surface area (Å²) in [5.74, 6) is -0.337. The molecule has 1 N–H and O–H groups in total. The second kappa shape index (κ2) is 5.04. The van der Waals surface area contributed by atoms with Gasteiger partial charge in [-0.15, -0.1) is 0 Å². The van der Waals surface area contributed by atoms with E-state index in [1.807, 2.05) is 18.2 Å². The molecule has 0 saturated carbocycles. The first-order chi connectivity index (χ1) is 9.15. The minimum atomic E-state index is -0.337. The first-order valence-corrected chi connectivity index (χ1v) is 6.94. The van der Waals surface area contributed by atoms with Crippen LogP contribution in [0.2, 0.25) is 5.02 Å². The average molecular weight is 313 g/mol. The summed E-state index contributed by atoms with van der Waals surface area (Å²) in [6.45, 7) is 0. The van der Waals surface area contributed by atoms with Crippen LogP contribution in [-0.4, -0.2) is 5.29 Å². The van der Waals surface area contributed by atoms with Gasteiger partial charge in [0.1, 0.15) is 5.82 Å². The average Bonchev–Trinajstić information content (AvgIpc) is 2.39. The number of nitrogens with zero attached hydrogens (tertiary/aromatic N) is 1. The van der Waals surface area contributed by atoms with E-state index in [4.69, 9.17) is 23.2 Å². The van der Waals surface area contributed by atoms with E-state index >= 15 is 0 Å². The van der Waals surface area contributed by atoms with Crippen molar-refractivity contribution in [3.63, 3.8) is 0 Å². The molecule has 0 saturated heterocycles. The van der Waals surface area contributed by atoms with Crippen molar-refractivity contribution >= 4 is 46.1 Å². The Morgan fingerprint density at radius 1 is 1.11 bits per heavy atom. The zero-order valence-corrected chi connectivity index (χ0v) is 11.8. The van der Waals surface area contributed by atoms with E-state index in [0.29, 0.717) is 15.5 Å². The van der Waals surface area contributed by atoms with E-state index in [9.17, 15) is 4.39 Å². The van der Waals surface area contributed by atoms with Crippen LogP contribution >= 0.6 is 35.1 Å². The fourth-order valence-electron chi connectivity index (χ4n) is 1.89. The zero-order chi connectivity index (χ0) is 13.4. The van der Waals surface area contributed by atoms with Gasteiger partial charge in [-0.25, -0.2) is 4.39 Å². The van der Waals surface area contributed by atoms with Gasteiger partial charge in [0.2, 0.25) is 5.29 Å². The highest BCUT2D eigenvalue weighted by Gasteiger charge is 2.19. The number of hydrogen-bond donors (Lipinski definition) is 1. The number of amidine groups is 1. The molecule has 3 rings (SSSR count). The summed E-state index contributed by atoms with van der Waals surface area (Å²) in [5, 5.41) is 3.77. The number of hydrogen-bond acceptors (Lipinski definition) is 3. The summed E-state index contributed by atoms with van der Waals surface area (Å²) in [4.78, 5) is 0.680. The van der Waals surface area contributed by atoms with Crippen molar-refractivity contribution in [2.75, 3.05) is 5.32 Å². The van der Waals surface area contributed by atoms with Crippen LogP contribution < -0.4 is 5.32 Å². The molecule has 0 fully saturated rings. The SMILES string of the molecule is Fc1cc2c(c(-c3ccccc3Cl)c1)NC(Cl)=NS2. The molecule has 0 atom stereocenters. The van der Waals surface area contributed by atoms with E-state index in [1.165, 1.54) is 12.1 Å². The smallest absolute Gasteiger partial charge is 0.207 e. The van der Waals surface area contributed by atoms with Gasteiger partial charge in [-0.05, 0) is 29.8 Å². The highest BCUT2D eigenvalue weighted by atomic mass is 35.5. The number of benzene rings is 2. The van der Waals surface area contributed by atoms with Gasteiger partial charge >= 0.3 is 0 Å². The van der Waals surface area contributed by atoms with E-state index in [0.717, 1.165) is 23.2 Å². The number of halogens is 3. The van der Waals surface area contributed by atoms with Gasteiger partial charge < -0.3 is 5.32 Å². The largest absolute Gasteiger partial charge is 0.328 e. The summed E-state index contributed by atoms with van der Waals surface area (Å²) in [6, 6.07) is 10.1. The maximum absolute atomic E-state index is 13.7. The predicted octanol–water partition coefficient (Wildman–Crippen LogP) is 5.17. The third-order valence-corrected chi connectivity index (χ3v) is 4.08. The molecule has 0 aromatic heterocycles. The normalized spacial score (nSPS) is 13.5. The van der Waals surface area contributed by atoms with Crippen LogP contribution in [0.15, 0.2) is 45.7 Å². The number of fused-ring (bicyclic) bond motifs is 1. The van der Waals surface area contributed by atoms with Crippen molar-refractivity contribution < 1.29 is 4.39 Å². The van der Waals surface area contributed by atoms with E-state index in [2.05, 4.69) is 9.71 Å². The van der Waals surface area contributed by atoms with E-state index < -0.39 is 0 Å². The molecule has 0 radical (unpaired) electrons. The van der Waals surface area contributed by atoms with E-state index in [1.54, 1.807) is 6.07 Å². The summed E-state index contributed by atoms with van der Waals surface area (Å²) >= 11 is 13.2. The molecule has 1 aliphatic rings. The Bertz CT molecular complexity index is 688. The fourth-order valence-corrected chi connectivity index (χ4v) is 2.97. The Morgan fingerprint density at radius 2 is 1.89 bits per heavy atom. The molecule has 2 nitrogen and oxygen atoms in total. The topological polar surface area (TPSA) is 24.4 Å². The molecule has 6 heteroatoms. The standard InChI is InChI=1S/C13H7Cl2FN2S/c14-10-4-2-1-3-8(10)9-5-7(16)6-11-12(9)17-13(15)18-19-11/h1-6H,(H,17,18). The second-order valence-electron chi connectivity index (χ2n) is 3.90. The van der Waals surface area contributed by atoms with Crippen molar-refractivity contribution in [3.8, 4) is 11.1 Å². The number of rotatable bonds is 1. The Morgan fingerprint density at radius 3 is 2.68 bits per heavy atom. The van der Waals surface area contributed by atoms with Crippen molar-refractivity contribution in [2.24, 2.45) is 4.40 Å². The highest BCUT2D eigenvalue weighted by molar-refractivity contribution is 7.98. The Labute approximate surface area is 123 Å². The molecule has 96 valence electrons. The summed E-state index contributed by atoms with van der Waals surface area (Å²) < 4.78 is 17.7.